The van der Waals surface area contributed by atoms with Gasteiger partial charge in [0.2, 0.25) is 6.54 Å². The number of hydrogen-bond donors (Lipinski definition) is 1. The summed E-state index contributed by atoms with van der Waals surface area (Å²) in [5, 5.41) is 13.2. The Kier molecular flexibility index (Phi) is 6.37. The lowest BCUT2D eigenvalue weighted by Gasteiger charge is -2.17. The fourth-order valence-corrected chi connectivity index (χ4v) is 3.11. The van der Waals surface area contributed by atoms with Gasteiger partial charge >= 0.3 is 5.97 Å². The van der Waals surface area contributed by atoms with E-state index in [-0.39, 0.29) is 31.1 Å². The molecule has 0 aliphatic heterocycles. The second kappa shape index (κ2) is 8.50. The quantitative estimate of drug-likeness (QED) is 0.447. The van der Waals surface area contributed by atoms with Crippen molar-refractivity contribution in [2.45, 2.75) is 19.8 Å². The highest BCUT2D eigenvalue weighted by Crippen LogP contribution is 2.36. The molecule has 0 aromatic heterocycles. The van der Waals surface area contributed by atoms with E-state index in [4.69, 9.17) is 4.74 Å². The van der Waals surface area contributed by atoms with Crippen LogP contribution in [0, 0.1) is 33.7 Å². The molecule has 8 nitrogen and oxygen atoms in total. The summed E-state index contributed by atoms with van der Waals surface area (Å²) in [6.07, 6.45) is -0.0903. The van der Waals surface area contributed by atoms with Gasteiger partial charge in [-0.3, -0.25) is 24.5 Å². The van der Waals surface area contributed by atoms with Crippen LogP contribution in [0.15, 0.2) is 24.3 Å². The number of carbonyl (C=O) groups excluding carboxylic acids is 3. The minimum Gasteiger partial charge on any atom is -0.456 e. The van der Waals surface area contributed by atoms with Crippen molar-refractivity contribution in [3.63, 3.8) is 0 Å². The predicted octanol–water partition coefficient (Wildman–Crippen LogP) is 1.82. The minimum absolute atomic E-state index is 0.174. The van der Waals surface area contributed by atoms with Gasteiger partial charge in [-0.1, -0.05) is 6.92 Å². The monoisotopic (exact) mass is 366 g/mol. The summed E-state index contributed by atoms with van der Waals surface area (Å²) in [6.45, 7) is 0.802. The molecule has 2 rings (SSSR count). The first-order valence-electron chi connectivity index (χ1n) is 8.11. The molecule has 0 bridgehead atoms. The number of rotatable bonds is 7. The molecule has 1 N–H and O–H groups in total. The average Bonchev–Trinajstić information content (AvgIpc) is 2.81. The maximum Gasteiger partial charge on any atom is 0.307 e. The molecule has 1 aliphatic carbocycles. The van der Waals surface area contributed by atoms with Gasteiger partial charge in [0, 0.05) is 28.9 Å². The van der Waals surface area contributed by atoms with Gasteiger partial charge in [0.1, 0.15) is 11.6 Å². The van der Waals surface area contributed by atoms with Gasteiger partial charge in [-0.25, -0.2) is 4.39 Å². The van der Waals surface area contributed by atoms with Crippen LogP contribution in [0.4, 0.5) is 10.1 Å². The lowest BCUT2D eigenvalue weighted by Crippen LogP contribution is -2.28. The Labute approximate surface area is 148 Å². The van der Waals surface area contributed by atoms with Gasteiger partial charge in [0.05, 0.1) is 6.42 Å². The van der Waals surface area contributed by atoms with Crippen LogP contribution in [0.5, 0.6) is 0 Å². The molecular formula is C17H19FN2O6. The van der Waals surface area contributed by atoms with Gasteiger partial charge in [-0.05, 0) is 30.2 Å². The highest BCUT2D eigenvalue weighted by Gasteiger charge is 2.44. The molecule has 1 amide bonds. The molecule has 1 aromatic carbocycles. The van der Waals surface area contributed by atoms with Crippen molar-refractivity contribution >= 4 is 23.3 Å². The second-order valence-electron chi connectivity index (χ2n) is 6.35. The maximum absolute atomic E-state index is 12.8. The van der Waals surface area contributed by atoms with Gasteiger partial charge in [-0.2, -0.15) is 0 Å². The van der Waals surface area contributed by atoms with Crippen molar-refractivity contribution in [3.8, 4) is 0 Å². The number of esters is 1. The van der Waals surface area contributed by atoms with E-state index in [9.17, 15) is 28.9 Å². The van der Waals surface area contributed by atoms with E-state index in [0.29, 0.717) is 5.69 Å². The third-order valence-electron chi connectivity index (χ3n) is 4.42. The van der Waals surface area contributed by atoms with E-state index in [1.807, 2.05) is 0 Å². The van der Waals surface area contributed by atoms with Gasteiger partial charge in [0.25, 0.3) is 5.91 Å². The summed E-state index contributed by atoms with van der Waals surface area (Å²) >= 11 is 0. The van der Waals surface area contributed by atoms with Crippen molar-refractivity contribution in [1.29, 1.82) is 0 Å². The summed E-state index contributed by atoms with van der Waals surface area (Å²) in [7, 11) is 0. The Hall–Kier alpha value is -2.84. The van der Waals surface area contributed by atoms with Crippen LogP contribution in [0.2, 0.25) is 0 Å². The van der Waals surface area contributed by atoms with Crippen molar-refractivity contribution in [1.82, 2.24) is 0 Å². The summed E-state index contributed by atoms with van der Waals surface area (Å²) in [6, 6.07) is 5.06. The van der Waals surface area contributed by atoms with Crippen LogP contribution in [0.3, 0.4) is 0 Å². The summed E-state index contributed by atoms with van der Waals surface area (Å²) in [5.41, 5.74) is 0.346. The number of Topliss-reactive ketones (excluding diaryl/α,β-unsaturated/α-hetero) is 1. The van der Waals surface area contributed by atoms with Crippen LogP contribution in [-0.4, -0.2) is 35.7 Å². The predicted molar refractivity (Wildman–Crippen MR) is 88.2 cm³/mol. The fourth-order valence-electron chi connectivity index (χ4n) is 3.11. The standard InChI is InChI=1S/C17H19FN2O6/c1-10-6-15(21)13(14(10)8-20(24)25)7-17(23)26-9-16(22)19-12-4-2-11(18)3-5-12/h2-5,10,13-14H,6-9H2,1H3,(H,19,22)/t10-,13-,14-/m1/s1. The molecular weight excluding hydrogens is 347 g/mol. The Morgan fingerprint density at radius 3 is 2.62 bits per heavy atom. The topological polar surface area (TPSA) is 116 Å². The summed E-state index contributed by atoms with van der Waals surface area (Å²) in [4.78, 5) is 45.9. The van der Waals surface area contributed by atoms with Crippen molar-refractivity contribution in [3.05, 3.63) is 40.2 Å². The molecule has 26 heavy (non-hydrogen) atoms. The zero-order valence-electron chi connectivity index (χ0n) is 14.1. The third kappa shape index (κ3) is 5.33. The second-order valence-corrected chi connectivity index (χ2v) is 6.35. The number of benzene rings is 1. The van der Waals surface area contributed by atoms with E-state index in [2.05, 4.69) is 5.32 Å². The number of ether oxygens (including phenoxy) is 1. The molecule has 0 unspecified atom stereocenters. The Morgan fingerprint density at radius 1 is 1.35 bits per heavy atom. The third-order valence-corrected chi connectivity index (χ3v) is 4.42. The molecule has 3 atom stereocenters. The first-order valence-corrected chi connectivity index (χ1v) is 8.11. The Bertz CT molecular complexity index is 706. The number of nitrogens with one attached hydrogen (secondary N) is 1. The molecule has 1 aromatic rings. The molecule has 0 saturated heterocycles. The lowest BCUT2D eigenvalue weighted by atomic mass is 9.88. The van der Waals surface area contributed by atoms with Crippen LogP contribution >= 0.6 is 0 Å². The largest absolute Gasteiger partial charge is 0.456 e. The van der Waals surface area contributed by atoms with Crippen molar-refractivity contribution < 1.29 is 28.4 Å². The number of nitro groups is 1. The zero-order chi connectivity index (χ0) is 19.3. The van der Waals surface area contributed by atoms with Crippen LogP contribution in [-0.2, 0) is 19.1 Å². The van der Waals surface area contributed by atoms with E-state index in [0.717, 1.165) is 0 Å². The molecule has 1 fully saturated rings. The zero-order valence-corrected chi connectivity index (χ0v) is 14.1. The lowest BCUT2D eigenvalue weighted by molar-refractivity contribution is -0.490. The highest BCUT2D eigenvalue weighted by molar-refractivity contribution is 5.93. The first-order chi connectivity index (χ1) is 12.3. The highest BCUT2D eigenvalue weighted by atomic mass is 19.1. The minimum atomic E-state index is -0.764. The van der Waals surface area contributed by atoms with Gasteiger partial charge in [0.15, 0.2) is 6.61 Å². The van der Waals surface area contributed by atoms with E-state index < -0.39 is 41.1 Å². The molecule has 0 radical (unpaired) electrons. The molecule has 9 heteroatoms. The number of nitrogens with zero attached hydrogens (tertiary/aromatic N) is 1. The first kappa shape index (κ1) is 19.5. The average molecular weight is 366 g/mol. The van der Waals surface area contributed by atoms with Crippen LogP contribution < -0.4 is 5.32 Å². The summed E-state index contributed by atoms with van der Waals surface area (Å²) in [5.74, 6) is -3.47. The molecule has 140 valence electrons. The normalized spacial score (nSPS) is 22.1. The number of halogens is 1. The molecule has 0 heterocycles. The Balaban J connectivity index is 1.83. The number of carbonyl (C=O) groups is 3. The van der Waals surface area contributed by atoms with Crippen LogP contribution in [0.1, 0.15) is 19.8 Å². The molecule has 0 spiro atoms. The molecule has 1 saturated carbocycles. The van der Waals surface area contributed by atoms with Crippen LogP contribution in [0.25, 0.3) is 0 Å². The van der Waals surface area contributed by atoms with Gasteiger partial charge < -0.3 is 10.1 Å². The number of ketones is 1. The fraction of sp³-hybridized carbons (Fsp3) is 0.471. The van der Waals surface area contributed by atoms with E-state index in [1.165, 1.54) is 24.3 Å². The Morgan fingerprint density at radius 2 is 2.00 bits per heavy atom. The van der Waals surface area contributed by atoms with Crippen molar-refractivity contribution in [2.24, 2.45) is 17.8 Å². The maximum atomic E-state index is 12.8. The SMILES string of the molecule is C[C@@H]1CC(=O)[C@H](CC(=O)OCC(=O)Nc2ccc(F)cc2)[C@@H]1C[N+](=O)[O-]. The van der Waals surface area contributed by atoms with E-state index >= 15 is 0 Å². The van der Waals surface area contributed by atoms with Gasteiger partial charge in [-0.15, -0.1) is 0 Å². The van der Waals surface area contributed by atoms with Crippen molar-refractivity contribution in [2.75, 3.05) is 18.5 Å². The number of hydrogen-bond acceptors (Lipinski definition) is 6. The summed E-state index contributed by atoms with van der Waals surface area (Å²) < 4.78 is 17.6. The van der Waals surface area contributed by atoms with E-state index in [1.54, 1.807) is 6.92 Å². The molecule has 1 aliphatic rings. The number of anilines is 1. The smallest absolute Gasteiger partial charge is 0.307 e. The number of amides is 1.